The van der Waals surface area contributed by atoms with E-state index in [0.29, 0.717) is 34.9 Å². The Kier molecular flexibility index (Phi) is 11.0. The number of carbonyl (C=O) groups excluding carboxylic acids is 2. The average molecular weight is 505 g/mol. The summed E-state index contributed by atoms with van der Waals surface area (Å²) in [5.41, 5.74) is 1.49. The van der Waals surface area contributed by atoms with Crippen LogP contribution in [-0.4, -0.2) is 31.7 Å². The Hall–Kier alpha value is -3.79. The first-order valence-electron chi connectivity index (χ1n) is 13.1. The first kappa shape index (κ1) is 27.8. The summed E-state index contributed by atoms with van der Waals surface area (Å²) in [4.78, 5) is 25.1. The number of carbonyl (C=O) groups is 2. The van der Waals surface area contributed by atoms with E-state index in [2.05, 4.69) is 12.2 Å². The molecule has 196 valence electrons. The molecule has 3 rings (SSSR count). The SMILES string of the molecule is CCCCCCOc1ccc(/C=C(\C#N)C(=O)Nc2ccc(C(=O)OC3CCCCC3)cc2)cc1OC. The molecular weight excluding hydrogens is 468 g/mol. The Balaban J connectivity index is 1.60. The van der Waals surface area contributed by atoms with Gasteiger partial charge in [-0.3, -0.25) is 4.79 Å². The molecule has 7 nitrogen and oxygen atoms in total. The van der Waals surface area contributed by atoms with E-state index >= 15 is 0 Å². The molecule has 0 atom stereocenters. The van der Waals surface area contributed by atoms with Crippen molar-refractivity contribution in [2.75, 3.05) is 19.0 Å². The van der Waals surface area contributed by atoms with Crippen LogP contribution >= 0.6 is 0 Å². The van der Waals surface area contributed by atoms with Crippen LogP contribution in [0.3, 0.4) is 0 Å². The molecule has 2 aromatic carbocycles. The van der Waals surface area contributed by atoms with Gasteiger partial charge in [0.05, 0.1) is 19.3 Å². The first-order chi connectivity index (χ1) is 18.0. The number of nitriles is 1. The topological polar surface area (TPSA) is 97.7 Å². The predicted octanol–water partition coefficient (Wildman–Crippen LogP) is 6.69. The minimum atomic E-state index is -0.546. The lowest BCUT2D eigenvalue weighted by Gasteiger charge is -2.21. The fourth-order valence-electron chi connectivity index (χ4n) is 4.21. The molecule has 1 aliphatic carbocycles. The molecule has 1 aliphatic rings. The van der Waals surface area contributed by atoms with Gasteiger partial charge >= 0.3 is 5.97 Å². The molecule has 0 unspecified atom stereocenters. The Morgan fingerprint density at radius 3 is 2.46 bits per heavy atom. The van der Waals surface area contributed by atoms with Crippen molar-refractivity contribution in [3.8, 4) is 17.6 Å². The van der Waals surface area contributed by atoms with Gasteiger partial charge < -0.3 is 19.5 Å². The number of hydrogen-bond donors (Lipinski definition) is 1. The molecule has 1 N–H and O–H groups in total. The number of esters is 1. The van der Waals surface area contributed by atoms with Gasteiger partial charge in [0.15, 0.2) is 11.5 Å². The van der Waals surface area contributed by atoms with Crippen LogP contribution < -0.4 is 14.8 Å². The maximum Gasteiger partial charge on any atom is 0.338 e. The van der Waals surface area contributed by atoms with Crippen LogP contribution in [0.4, 0.5) is 5.69 Å². The van der Waals surface area contributed by atoms with Crippen LogP contribution in [0.5, 0.6) is 11.5 Å². The van der Waals surface area contributed by atoms with Crippen LogP contribution in [0, 0.1) is 11.3 Å². The third kappa shape index (κ3) is 8.68. The van der Waals surface area contributed by atoms with Crippen LogP contribution in [0.15, 0.2) is 48.0 Å². The van der Waals surface area contributed by atoms with E-state index in [1.54, 1.807) is 49.6 Å². The number of rotatable bonds is 12. The summed E-state index contributed by atoms with van der Waals surface area (Å²) in [6.45, 7) is 2.77. The van der Waals surface area contributed by atoms with E-state index in [9.17, 15) is 14.9 Å². The lowest BCUT2D eigenvalue weighted by Crippen LogP contribution is -2.21. The highest BCUT2D eigenvalue weighted by Crippen LogP contribution is 2.29. The van der Waals surface area contributed by atoms with Gasteiger partial charge in [-0.1, -0.05) is 38.7 Å². The van der Waals surface area contributed by atoms with Crippen molar-refractivity contribution < 1.29 is 23.8 Å². The van der Waals surface area contributed by atoms with Crippen molar-refractivity contribution in [1.29, 1.82) is 5.26 Å². The largest absolute Gasteiger partial charge is 0.493 e. The lowest BCUT2D eigenvalue weighted by molar-refractivity contribution is -0.112. The minimum Gasteiger partial charge on any atom is -0.493 e. The third-order valence-electron chi connectivity index (χ3n) is 6.32. The van der Waals surface area contributed by atoms with E-state index in [1.165, 1.54) is 25.3 Å². The summed E-state index contributed by atoms with van der Waals surface area (Å²) >= 11 is 0. The monoisotopic (exact) mass is 504 g/mol. The van der Waals surface area contributed by atoms with Gasteiger partial charge in [0.25, 0.3) is 5.91 Å². The van der Waals surface area contributed by atoms with Gasteiger partial charge in [-0.25, -0.2) is 4.79 Å². The van der Waals surface area contributed by atoms with Crippen LogP contribution in [-0.2, 0) is 9.53 Å². The van der Waals surface area contributed by atoms with E-state index in [0.717, 1.165) is 38.5 Å². The highest BCUT2D eigenvalue weighted by molar-refractivity contribution is 6.09. The highest BCUT2D eigenvalue weighted by Gasteiger charge is 2.19. The third-order valence-corrected chi connectivity index (χ3v) is 6.32. The Bertz CT molecular complexity index is 1110. The maximum atomic E-state index is 12.7. The molecule has 0 aromatic heterocycles. The molecule has 37 heavy (non-hydrogen) atoms. The summed E-state index contributed by atoms with van der Waals surface area (Å²) in [6, 6.07) is 13.7. The Morgan fingerprint density at radius 1 is 1.03 bits per heavy atom. The van der Waals surface area contributed by atoms with Crippen molar-refractivity contribution in [3.05, 3.63) is 59.2 Å². The molecule has 0 radical (unpaired) electrons. The van der Waals surface area contributed by atoms with Gasteiger partial charge in [0.1, 0.15) is 17.7 Å². The zero-order chi connectivity index (χ0) is 26.5. The average Bonchev–Trinajstić information content (AvgIpc) is 2.92. The summed E-state index contributed by atoms with van der Waals surface area (Å²) < 4.78 is 16.9. The molecule has 1 saturated carbocycles. The van der Waals surface area contributed by atoms with Gasteiger partial charge in [0.2, 0.25) is 0 Å². The standard InChI is InChI=1S/C30H36N2O5/c1-3-4-5-9-18-36-27-17-12-22(20-28(27)35-2)19-24(21-31)29(33)32-25-15-13-23(14-16-25)30(34)37-26-10-7-6-8-11-26/h12-17,19-20,26H,3-11,18H2,1-2H3,(H,32,33)/b24-19+. The van der Waals surface area contributed by atoms with Crippen LogP contribution in [0.1, 0.15) is 80.6 Å². The van der Waals surface area contributed by atoms with Crippen LogP contribution in [0.2, 0.25) is 0 Å². The number of ether oxygens (including phenoxy) is 3. The normalized spacial score (nSPS) is 13.9. The fourth-order valence-corrected chi connectivity index (χ4v) is 4.21. The number of unbranched alkanes of at least 4 members (excludes halogenated alkanes) is 3. The zero-order valence-corrected chi connectivity index (χ0v) is 21.8. The summed E-state index contributed by atoms with van der Waals surface area (Å²) in [6.07, 6.45) is 11.1. The molecule has 0 heterocycles. The van der Waals surface area contributed by atoms with Crippen LogP contribution in [0.25, 0.3) is 6.08 Å². The van der Waals surface area contributed by atoms with Crippen molar-refractivity contribution in [2.24, 2.45) is 0 Å². The second-order valence-corrected chi connectivity index (χ2v) is 9.19. The molecular formula is C30H36N2O5. The number of methoxy groups -OCH3 is 1. The summed E-state index contributed by atoms with van der Waals surface area (Å²) in [5, 5.41) is 12.3. The van der Waals surface area contributed by atoms with Gasteiger partial charge in [0, 0.05) is 5.69 Å². The maximum absolute atomic E-state index is 12.7. The molecule has 0 spiro atoms. The van der Waals surface area contributed by atoms with Crippen molar-refractivity contribution >= 4 is 23.6 Å². The first-order valence-corrected chi connectivity index (χ1v) is 13.1. The number of nitrogens with one attached hydrogen (secondary N) is 1. The molecule has 1 amide bonds. The minimum absolute atomic E-state index is 0.0194. The van der Waals surface area contributed by atoms with Gasteiger partial charge in [-0.2, -0.15) is 5.26 Å². The Labute approximate surface area is 219 Å². The van der Waals surface area contributed by atoms with Crippen molar-refractivity contribution in [2.45, 2.75) is 70.8 Å². The summed E-state index contributed by atoms with van der Waals surface area (Å²) in [7, 11) is 1.55. The van der Waals surface area contributed by atoms with Gasteiger partial charge in [-0.15, -0.1) is 0 Å². The van der Waals surface area contributed by atoms with E-state index in [-0.39, 0.29) is 17.6 Å². The Morgan fingerprint density at radius 2 is 1.78 bits per heavy atom. The van der Waals surface area contributed by atoms with E-state index in [1.807, 2.05) is 6.07 Å². The van der Waals surface area contributed by atoms with E-state index in [4.69, 9.17) is 14.2 Å². The fraction of sp³-hybridized carbons (Fsp3) is 0.433. The quantitative estimate of drug-likeness (QED) is 0.150. The predicted molar refractivity (Wildman–Crippen MR) is 144 cm³/mol. The molecule has 1 fully saturated rings. The zero-order valence-electron chi connectivity index (χ0n) is 21.8. The van der Waals surface area contributed by atoms with E-state index < -0.39 is 5.91 Å². The number of amides is 1. The number of anilines is 1. The molecule has 0 saturated heterocycles. The van der Waals surface area contributed by atoms with Crippen molar-refractivity contribution in [3.63, 3.8) is 0 Å². The molecule has 2 aromatic rings. The highest BCUT2D eigenvalue weighted by atomic mass is 16.5. The second kappa shape index (κ2) is 14.7. The summed E-state index contributed by atoms with van der Waals surface area (Å²) in [5.74, 6) is 0.263. The molecule has 7 heteroatoms. The van der Waals surface area contributed by atoms with Gasteiger partial charge in [-0.05, 0) is 80.1 Å². The molecule has 0 bridgehead atoms. The number of hydrogen-bond acceptors (Lipinski definition) is 6. The van der Waals surface area contributed by atoms with Crippen molar-refractivity contribution in [1.82, 2.24) is 0 Å². The number of benzene rings is 2. The second-order valence-electron chi connectivity index (χ2n) is 9.19. The molecule has 0 aliphatic heterocycles. The lowest BCUT2D eigenvalue weighted by atomic mass is 9.98. The number of nitrogens with zero attached hydrogens (tertiary/aromatic N) is 1. The smallest absolute Gasteiger partial charge is 0.338 e.